The monoisotopic (exact) mass is 382 g/mol. The summed E-state index contributed by atoms with van der Waals surface area (Å²) in [6.45, 7) is 3.93. The standard InChI is InChI=1S/C19H21F3N2OS/c1-13(17(16-5-4-12-26-16)24-10-2-3-11-24)23-18(25)14-6-8-15(9-7-14)19(20,21)22/h4-9,12-13,17H,2-3,10-11H2,1H3,(H,23,25)/t13-,17+/m1/s1. The van der Waals surface area contributed by atoms with Gasteiger partial charge >= 0.3 is 6.18 Å². The molecule has 0 radical (unpaired) electrons. The summed E-state index contributed by atoms with van der Waals surface area (Å²) in [7, 11) is 0. The quantitative estimate of drug-likeness (QED) is 0.811. The van der Waals surface area contributed by atoms with Crippen molar-refractivity contribution in [1.29, 1.82) is 0 Å². The third kappa shape index (κ3) is 4.27. The van der Waals surface area contributed by atoms with E-state index in [1.807, 2.05) is 18.4 Å². The summed E-state index contributed by atoms with van der Waals surface area (Å²) in [5.74, 6) is -0.355. The van der Waals surface area contributed by atoms with Gasteiger partial charge in [-0.3, -0.25) is 9.69 Å². The number of nitrogens with zero attached hydrogens (tertiary/aromatic N) is 1. The number of halogens is 3. The van der Waals surface area contributed by atoms with Crippen molar-refractivity contribution in [1.82, 2.24) is 10.2 Å². The average molecular weight is 382 g/mol. The van der Waals surface area contributed by atoms with Crippen LogP contribution >= 0.6 is 11.3 Å². The molecule has 1 amide bonds. The molecule has 1 N–H and O–H groups in total. The maximum absolute atomic E-state index is 12.7. The molecule has 2 aromatic rings. The highest BCUT2D eigenvalue weighted by Gasteiger charge is 2.32. The molecule has 1 saturated heterocycles. The molecule has 3 nitrogen and oxygen atoms in total. The first-order valence-corrected chi connectivity index (χ1v) is 9.50. The van der Waals surface area contributed by atoms with Crippen LogP contribution in [0, 0.1) is 0 Å². The summed E-state index contributed by atoms with van der Waals surface area (Å²) in [4.78, 5) is 16.0. The largest absolute Gasteiger partial charge is 0.416 e. The molecule has 1 aliphatic rings. The second-order valence-electron chi connectivity index (χ2n) is 6.54. The molecule has 1 aliphatic heterocycles. The molecule has 0 saturated carbocycles. The van der Waals surface area contributed by atoms with Crippen LogP contribution in [-0.2, 0) is 6.18 Å². The fraction of sp³-hybridized carbons (Fsp3) is 0.421. The first-order valence-electron chi connectivity index (χ1n) is 8.62. The predicted octanol–water partition coefficient (Wildman–Crippen LogP) is 4.72. The Morgan fingerprint density at radius 2 is 1.81 bits per heavy atom. The number of nitrogens with one attached hydrogen (secondary N) is 1. The molecule has 1 aromatic heterocycles. The zero-order valence-corrected chi connectivity index (χ0v) is 15.2. The minimum absolute atomic E-state index is 0.0795. The molecule has 26 heavy (non-hydrogen) atoms. The average Bonchev–Trinajstić information content (AvgIpc) is 3.29. The molecular formula is C19H21F3N2OS. The molecule has 0 unspecified atom stereocenters. The van der Waals surface area contributed by atoms with Gasteiger partial charge in [0.25, 0.3) is 5.91 Å². The van der Waals surface area contributed by atoms with Gasteiger partial charge in [0.1, 0.15) is 0 Å². The molecule has 0 bridgehead atoms. The summed E-state index contributed by atoms with van der Waals surface area (Å²) in [6, 6.07) is 8.31. The molecule has 0 aliphatic carbocycles. The summed E-state index contributed by atoms with van der Waals surface area (Å²) >= 11 is 1.66. The highest BCUT2D eigenvalue weighted by molar-refractivity contribution is 7.10. The van der Waals surface area contributed by atoms with Gasteiger partial charge in [0.15, 0.2) is 0 Å². The Morgan fingerprint density at radius 3 is 2.35 bits per heavy atom. The van der Waals surface area contributed by atoms with Crippen molar-refractivity contribution in [3.05, 3.63) is 57.8 Å². The Balaban J connectivity index is 1.72. The number of thiophene rings is 1. The number of hydrogen-bond donors (Lipinski definition) is 1. The number of rotatable bonds is 5. The zero-order chi connectivity index (χ0) is 18.7. The van der Waals surface area contributed by atoms with Gasteiger partial charge in [0, 0.05) is 16.5 Å². The molecule has 1 fully saturated rings. The van der Waals surface area contributed by atoms with E-state index >= 15 is 0 Å². The van der Waals surface area contributed by atoms with Crippen molar-refractivity contribution in [2.24, 2.45) is 0 Å². The number of amides is 1. The molecule has 2 atom stereocenters. The van der Waals surface area contributed by atoms with Crippen LogP contribution in [0.4, 0.5) is 13.2 Å². The Kier molecular flexibility index (Phi) is 5.67. The van der Waals surface area contributed by atoms with E-state index < -0.39 is 11.7 Å². The number of likely N-dealkylation sites (tertiary alicyclic amines) is 1. The van der Waals surface area contributed by atoms with E-state index in [0.29, 0.717) is 0 Å². The van der Waals surface area contributed by atoms with Crippen LogP contribution in [0.3, 0.4) is 0 Å². The van der Waals surface area contributed by atoms with E-state index in [1.165, 1.54) is 17.0 Å². The van der Waals surface area contributed by atoms with Crippen LogP contribution in [0.2, 0.25) is 0 Å². The summed E-state index contributed by atoms with van der Waals surface area (Å²) < 4.78 is 38.0. The minimum atomic E-state index is -4.40. The van der Waals surface area contributed by atoms with Crippen LogP contribution in [0.25, 0.3) is 0 Å². The second kappa shape index (κ2) is 7.80. The molecule has 1 aromatic carbocycles. The summed E-state index contributed by atoms with van der Waals surface area (Å²) in [5, 5.41) is 4.98. The normalized spacial score (nSPS) is 17.8. The number of alkyl halides is 3. The van der Waals surface area contributed by atoms with Crippen molar-refractivity contribution < 1.29 is 18.0 Å². The van der Waals surface area contributed by atoms with E-state index in [2.05, 4.69) is 16.3 Å². The predicted molar refractivity (Wildman–Crippen MR) is 96.2 cm³/mol. The van der Waals surface area contributed by atoms with Gasteiger partial charge in [-0.2, -0.15) is 13.2 Å². The third-order valence-corrected chi connectivity index (χ3v) is 5.62. The van der Waals surface area contributed by atoms with Crippen molar-refractivity contribution in [3.63, 3.8) is 0 Å². The molecular weight excluding hydrogens is 361 g/mol. The van der Waals surface area contributed by atoms with Gasteiger partial charge in [0.05, 0.1) is 11.6 Å². The van der Waals surface area contributed by atoms with Gasteiger partial charge in [-0.25, -0.2) is 0 Å². The Hall–Kier alpha value is -1.86. The lowest BCUT2D eigenvalue weighted by atomic mass is 10.1. The van der Waals surface area contributed by atoms with Gasteiger partial charge in [0.2, 0.25) is 0 Å². The second-order valence-corrected chi connectivity index (χ2v) is 7.52. The maximum atomic E-state index is 12.7. The third-order valence-electron chi connectivity index (χ3n) is 4.68. The Morgan fingerprint density at radius 1 is 1.15 bits per heavy atom. The molecule has 0 spiro atoms. The van der Waals surface area contributed by atoms with E-state index in [1.54, 1.807) is 11.3 Å². The van der Waals surface area contributed by atoms with Gasteiger partial charge < -0.3 is 5.32 Å². The van der Waals surface area contributed by atoms with E-state index in [-0.39, 0.29) is 23.6 Å². The minimum Gasteiger partial charge on any atom is -0.348 e. The Bertz CT molecular complexity index is 722. The highest BCUT2D eigenvalue weighted by atomic mass is 32.1. The van der Waals surface area contributed by atoms with E-state index in [9.17, 15) is 18.0 Å². The fourth-order valence-corrected chi connectivity index (χ4v) is 4.37. The first kappa shape index (κ1) is 18.9. The molecule has 7 heteroatoms. The van der Waals surface area contributed by atoms with Crippen molar-refractivity contribution in [3.8, 4) is 0 Å². The van der Waals surface area contributed by atoms with E-state index in [4.69, 9.17) is 0 Å². The SMILES string of the molecule is C[C@@H](NC(=O)c1ccc(C(F)(F)F)cc1)[C@@H](c1cccs1)N1CCCC1. The number of carbonyl (C=O) groups is 1. The van der Waals surface area contributed by atoms with Crippen LogP contribution < -0.4 is 5.32 Å². The Labute approximate surface area is 154 Å². The first-order chi connectivity index (χ1) is 12.4. The van der Waals surface area contributed by atoms with Crippen LogP contribution in [0.1, 0.15) is 46.6 Å². The topological polar surface area (TPSA) is 32.3 Å². The number of benzene rings is 1. The van der Waals surface area contributed by atoms with Crippen molar-refractivity contribution in [2.45, 2.75) is 38.0 Å². The smallest absolute Gasteiger partial charge is 0.348 e. The zero-order valence-electron chi connectivity index (χ0n) is 14.4. The van der Waals surface area contributed by atoms with Crippen LogP contribution in [-0.4, -0.2) is 29.9 Å². The fourth-order valence-electron chi connectivity index (χ4n) is 3.40. The lowest BCUT2D eigenvalue weighted by molar-refractivity contribution is -0.137. The van der Waals surface area contributed by atoms with E-state index in [0.717, 1.165) is 38.1 Å². The lowest BCUT2D eigenvalue weighted by Crippen LogP contribution is -2.43. The van der Waals surface area contributed by atoms with Gasteiger partial charge in [-0.05, 0) is 68.6 Å². The highest BCUT2D eigenvalue weighted by Crippen LogP contribution is 2.32. The van der Waals surface area contributed by atoms with Crippen LogP contribution in [0.5, 0.6) is 0 Å². The summed E-state index contributed by atoms with van der Waals surface area (Å²) in [5.41, 5.74) is -0.521. The van der Waals surface area contributed by atoms with Crippen molar-refractivity contribution >= 4 is 17.2 Å². The number of carbonyl (C=O) groups excluding carboxylic acids is 1. The van der Waals surface area contributed by atoms with Gasteiger partial charge in [-0.1, -0.05) is 6.07 Å². The molecule has 3 rings (SSSR count). The molecule has 2 heterocycles. The molecule has 140 valence electrons. The van der Waals surface area contributed by atoms with Crippen molar-refractivity contribution in [2.75, 3.05) is 13.1 Å². The lowest BCUT2D eigenvalue weighted by Gasteiger charge is -2.32. The number of hydrogen-bond acceptors (Lipinski definition) is 3. The maximum Gasteiger partial charge on any atom is 0.416 e. The van der Waals surface area contributed by atoms with Crippen LogP contribution in [0.15, 0.2) is 41.8 Å². The van der Waals surface area contributed by atoms with Gasteiger partial charge in [-0.15, -0.1) is 11.3 Å². The summed E-state index contributed by atoms with van der Waals surface area (Å²) in [6.07, 6.45) is -2.12.